The molecule has 0 radical (unpaired) electrons. The minimum absolute atomic E-state index is 0.377. The van der Waals surface area contributed by atoms with Crippen LogP contribution >= 0.6 is 0 Å². The Morgan fingerprint density at radius 3 is 2.84 bits per heavy atom. The Labute approximate surface area is 115 Å². The molecule has 1 saturated heterocycles. The van der Waals surface area contributed by atoms with Crippen molar-refractivity contribution in [1.82, 2.24) is 20.4 Å². The van der Waals surface area contributed by atoms with Crippen molar-refractivity contribution in [3.8, 4) is 0 Å². The monoisotopic (exact) mass is 266 g/mol. The molecule has 0 aliphatic carbocycles. The Balaban J connectivity index is 1.49. The fraction of sp³-hybridized carbons (Fsp3) is 0.786. The van der Waals surface area contributed by atoms with Gasteiger partial charge in [-0.3, -0.25) is 10.00 Å². The smallest absolute Gasteiger partial charge is 0.0678 e. The number of aromatic amines is 1. The van der Waals surface area contributed by atoms with Crippen LogP contribution in [0.25, 0.3) is 0 Å². The average molecular weight is 266 g/mol. The summed E-state index contributed by atoms with van der Waals surface area (Å²) in [7, 11) is 0. The molecule has 1 aliphatic rings. The molecule has 1 aliphatic heterocycles. The van der Waals surface area contributed by atoms with E-state index in [1.807, 2.05) is 6.07 Å². The van der Waals surface area contributed by atoms with E-state index in [-0.39, 0.29) is 0 Å². The van der Waals surface area contributed by atoms with E-state index in [9.17, 15) is 0 Å². The molecule has 2 unspecified atom stereocenters. The molecule has 5 nitrogen and oxygen atoms in total. The standard InChI is InChI=1S/C14H26N4O/c1-12-10-18(11-13(2)19-12)8-4-3-6-15-9-14-5-7-16-17-14/h5,7,12-13,15H,3-4,6,8-11H2,1-2H3,(H,16,17). The van der Waals surface area contributed by atoms with Crippen molar-refractivity contribution in [1.29, 1.82) is 0 Å². The van der Waals surface area contributed by atoms with E-state index in [1.165, 1.54) is 19.4 Å². The van der Waals surface area contributed by atoms with E-state index in [4.69, 9.17) is 4.74 Å². The molecule has 1 fully saturated rings. The van der Waals surface area contributed by atoms with Crippen molar-refractivity contribution in [2.24, 2.45) is 0 Å². The number of H-pyrrole nitrogens is 1. The third kappa shape index (κ3) is 5.30. The molecule has 1 aromatic rings. The van der Waals surface area contributed by atoms with Gasteiger partial charge >= 0.3 is 0 Å². The topological polar surface area (TPSA) is 53.2 Å². The first-order valence-corrected chi connectivity index (χ1v) is 7.31. The lowest BCUT2D eigenvalue weighted by atomic mass is 10.2. The number of hydrogen-bond donors (Lipinski definition) is 2. The van der Waals surface area contributed by atoms with Crippen molar-refractivity contribution in [2.75, 3.05) is 26.2 Å². The second-order valence-corrected chi connectivity index (χ2v) is 5.48. The van der Waals surface area contributed by atoms with Gasteiger partial charge in [0.2, 0.25) is 0 Å². The maximum absolute atomic E-state index is 5.74. The fourth-order valence-electron chi connectivity index (χ4n) is 2.66. The second-order valence-electron chi connectivity index (χ2n) is 5.48. The lowest BCUT2D eigenvalue weighted by molar-refractivity contribution is -0.0681. The highest BCUT2D eigenvalue weighted by Gasteiger charge is 2.21. The number of nitrogens with one attached hydrogen (secondary N) is 2. The molecule has 0 spiro atoms. The van der Waals surface area contributed by atoms with E-state index >= 15 is 0 Å². The van der Waals surface area contributed by atoms with Crippen LogP contribution in [-0.2, 0) is 11.3 Å². The van der Waals surface area contributed by atoms with Crippen LogP contribution in [0.3, 0.4) is 0 Å². The predicted octanol–water partition coefficient (Wildman–Crippen LogP) is 1.39. The van der Waals surface area contributed by atoms with Gasteiger partial charge < -0.3 is 10.1 Å². The van der Waals surface area contributed by atoms with Crippen molar-refractivity contribution >= 4 is 0 Å². The Morgan fingerprint density at radius 1 is 1.37 bits per heavy atom. The predicted molar refractivity (Wildman–Crippen MR) is 76.0 cm³/mol. The summed E-state index contributed by atoms with van der Waals surface area (Å²) in [6, 6.07) is 2.00. The fourth-order valence-corrected chi connectivity index (χ4v) is 2.66. The van der Waals surface area contributed by atoms with Gasteiger partial charge in [0, 0.05) is 31.5 Å². The van der Waals surface area contributed by atoms with Crippen LogP contribution in [0.15, 0.2) is 12.3 Å². The van der Waals surface area contributed by atoms with Gasteiger partial charge in [0.25, 0.3) is 0 Å². The zero-order valence-corrected chi connectivity index (χ0v) is 12.1. The largest absolute Gasteiger partial charge is 0.373 e. The Hall–Kier alpha value is -0.910. The molecule has 19 heavy (non-hydrogen) atoms. The highest BCUT2D eigenvalue weighted by Crippen LogP contribution is 2.11. The number of morpholine rings is 1. The lowest BCUT2D eigenvalue weighted by Crippen LogP contribution is -2.45. The Bertz CT molecular complexity index is 331. The van der Waals surface area contributed by atoms with Gasteiger partial charge in [-0.2, -0.15) is 5.10 Å². The number of hydrogen-bond acceptors (Lipinski definition) is 4. The summed E-state index contributed by atoms with van der Waals surface area (Å²) in [6.07, 6.45) is 5.01. The van der Waals surface area contributed by atoms with Gasteiger partial charge in [-0.05, 0) is 45.8 Å². The molecular formula is C14H26N4O. The number of unbranched alkanes of at least 4 members (excludes halogenated alkanes) is 1. The van der Waals surface area contributed by atoms with Crippen LogP contribution in [0.5, 0.6) is 0 Å². The zero-order valence-electron chi connectivity index (χ0n) is 12.1. The number of nitrogens with zero attached hydrogens (tertiary/aromatic N) is 2. The molecule has 0 amide bonds. The molecule has 2 heterocycles. The molecule has 0 aromatic carbocycles. The first-order chi connectivity index (χ1) is 9.24. The molecule has 108 valence electrons. The van der Waals surface area contributed by atoms with E-state index in [2.05, 4.69) is 34.3 Å². The summed E-state index contributed by atoms with van der Waals surface area (Å²) in [4.78, 5) is 2.52. The van der Waals surface area contributed by atoms with Crippen molar-refractivity contribution in [3.05, 3.63) is 18.0 Å². The highest BCUT2D eigenvalue weighted by molar-refractivity contribution is 4.96. The van der Waals surface area contributed by atoms with Gasteiger partial charge in [0.15, 0.2) is 0 Å². The van der Waals surface area contributed by atoms with Crippen molar-refractivity contribution in [2.45, 2.75) is 45.4 Å². The van der Waals surface area contributed by atoms with Crippen LogP contribution in [0.2, 0.25) is 0 Å². The molecule has 0 saturated carbocycles. The summed E-state index contributed by atoms with van der Waals surface area (Å²) in [6.45, 7) is 9.60. The second kappa shape index (κ2) is 7.62. The van der Waals surface area contributed by atoms with Crippen LogP contribution in [0.1, 0.15) is 32.4 Å². The van der Waals surface area contributed by atoms with Crippen molar-refractivity contribution in [3.63, 3.8) is 0 Å². The molecule has 5 heteroatoms. The highest BCUT2D eigenvalue weighted by atomic mass is 16.5. The lowest BCUT2D eigenvalue weighted by Gasteiger charge is -2.35. The van der Waals surface area contributed by atoms with Crippen LogP contribution in [0.4, 0.5) is 0 Å². The van der Waals surface area contributed by atoms with Gasteiger partial charge in [-0.15, -0.1) is 0 Å². The molecule has 0 bridgehead atoms. The SMILES string of the molecule is CC1CN(CCCCNCc2ccn[nH]2)CC(C)O1. The Kier molecular flexibility index (Phi) is 5.82. The van der Waals surface area contributed by atoms with Gasteiger partial charge in [0.05, 0.1) is 12.2 Å². The normalized spacial score (nSPS) is 24.7. The van der Waals surface area contributed by atoms with Crippen molar-refractivity contribution < 1.29 is 4.74 Å². The van der Waals surface area contributed by atoms with E-state index < -0.39 is 0 Å². The molecular weight excluding hydrogens is 240 g/mol. The maximum Gasteiger partial charge on any atom is 0.0678 e. The summed E-state index contributed by atoms with van der Waals surface area (Å²) >= 11 is 0. The molecule has 1 aromatic heterocycles. The number of aromatic nitrogens is 2. The van der Waals surface area contributed by atoms with E-state index in [0.29, 0.717) is 12.2 Å². The third-order valence-electron chi connectivity index (χ3n) is 3.45. The van der Waals surface area contributed by atoms with E-state index in [1.54, 1.807) is 6.20 Å². The average Bonchev–Trinajstić information content (AvgIpc) is 2.85. The maximum atomic E-state index is 5.74. The van der Waals surface area contributed by atoms with Crippen LogP contribution in [0, 0.1) is 0 Å². The van der Waals surface area contributed by atoms with Gasteiger partial charge in [0.1, 0.15) is 0 Å². The number of rotatable bonds is 7. The van der Waals surface area contributed by atoms with Crippen LogP contribution in [-0.4, -0.2) is 53.5 Å². The quantitative estimate of drug-likeness (QED) is 0.732. The van der Waals surface area contributed by atoms with E-state index in [0.717, 1.165) is 31.9 Å². The molecule has 2 rings (SSSR count). The van der Waals surface area contributed by atoms with Gasteiger partial charge in [-0.25, -0.2) is 0 Å². The van der Waals surface area contributed by atoms with Gasteiger partial charge in [-0.1, -0.05) is 0 Å². The summed E-state index contributed by atoms with van der Waals surface area (Å²) in [5.74, 6) is 0. The summed E-state index contributed by atoms with van der Waals surface area (Å²) < 4.78 is 5.74. The molecule has 2 atom stereocenters. The minimum atomic E-state index is 0.377. The number of ether oxygens (including phenoxy) is 1. The summed E-state index contributed by atoms with van der Waals surface area (Å²) in [5, 5.41) is 10.3. The third-order valence-corrected chi connectivity index (χ3v) is 3.45. The van der Waals surface area contributed by atoms with Crippen LogP contribution < -0.4 is 5.32 Å². The molecule has 2 N–H and O–H groups in total. The first-order valence-electron chi connectivity index (χ1n) is 7.31. The summed E-state index contributed by atoms with van der Waals surface area (Å²) in [5.41, 5.74) is 1.15. The Morgan fingerprint density at radius 2 is 2.16 bits per heavy atom. The zero-order chi connectivity index (χ0) is 13.5. The minimum Gasteiger partial charge on any atom is -0.373 e. The first kappa shape index (κ1) is 14.5.